The average molecular weight is 556 g/mol. The summed E-state index contributed by atoms with van der Waals surface area (Å²) in [5.41, 5.74) is 2.05. The number of carbonyl (C=O) groups excluding carboxylic acids is 1. The number of benzene rings is 2. The second-order valence-electron chi connectivity index (χ2n) is 8.49. The highest BCUT2D eigenvalue weighted by Gasteiger charge is 2.16. The lowest BCUT2D eigenvalue weighted by Gasteiger charge is -2.18. The van der Waals surface area contributed by atoms with Gasteiger partial charge in [-0.05, 0) is 42.5 Å². The van der Waals surface area contributed by atoms with Gasteiger partial charge in [0.25, 0.3) is 5.91 Å². The van der Waals surface area contributed by atoms with Crippen molar-refractivity contribution >= 4 is 49.8 Å². The summed E-state index contributed by atoms with van der Waals surface area (Å²) < 4.78 is 34.4. The van der Waals surface area contributed by atoms with Crippen molar-refractivity contribution < 1.29 is 22.7 Å². The molecule has 198 valence electrons. The number of halogens is 1. The number of sulfone groups is 1. The maximum absolute atomic E-state index is 12.5. The van der Waals surface area contributed by atoms with E-state index in [1.807, 2.05) is 18.2 Å². The summed E-state index contributed by atoms with van der Waals surface area (Å²) >= 11 is 6.46. The van der Waals surface area contributed by atoms with E-state index in [2.05, 4.69) is 20.3 Å². The van der Waals surface area contributed by atoms with Gasteiger partial charge >= 0.3 is 0 Å². The molecule has 0 aliphatic heterocycles. The van der Waals surface area contributed by atoms with Gasteiger partial charge in [-0.15, -0.1) is 0 Å². The third kappa shape index (κ3) is 7.30. The number of pyridine rings is 1. The summed E-state index contributed by atoms with van der Waals surface area (Å²) in [6.45, 7) is 0.0867. The van der Waals surface area contributed by atoms with Crippen molar-refractivity contribution in [3.05, 3.63) is 77.8 Å². The van der Waals surface area contributed by atoms with Crippen LogP contribution in [0, 0.1) is 0 Å². The van der Waals surface area contributed by atoms with Crippen LogP contribution in [0.4, 0.5) is 11.5 Å². The monoisotopic (exact) mass is 555 g/mol. The number of fused-ring (bicyclic) bond motifs is 1. The molecule has 1 N–H and O–H groups in total. The number of aromatic nitrogens is 3. The molecule has 0 unspecified atom stereocenters. The molecule has 0 fully saturated rings. The number of likely N-dealkylation sites (N-methyl/N-ethyl adjacent to an activating group) is 1. The van der Waals surface area contributed by atoms with Gasteiger partial charge in [0.05, 0.1) is 27.4 Å². The van der Waals surface area contributed by atoms with Gasteiger partial charge in [-0.25, -0.2) is 18.4 Å². The fourth-order valence-electron chi connectivity index (χ4n) is 3.44. The van der Waals surface area contributed by atoms with Gasteiger partial charge in [0, 0.05) is 31.7 Å². The minimum absolute atomic E-state index is 0.0782. The lowest BCUT2D eigenvalue weighted by atomic mass is 10.2. The Morgan fingerprint density at radius 3 is 2.61 bits per heavy atom. The van der Waals surface area contributed by atoms with Gasteiger partial charge < -0.3 is 19.7 Å². The van der Waals surface area contributed by atoms with Gasteiger partial charge in [0.15, 0.2) is 6.61 Å². The molecule has 0 atom stereocenters. The Bertz CT molecular complexity index is 1530. The molecular formula is C26H26ClN5O5S. The van der Waals surface area contributed by atoms with Crippen LogP contribution in [0.15, 0.2) is 67.1 Å². The zero-order valence-electron chi connectivity index (χ0n) is 20.8. The first-order valence-corrected chi connectivity index (χ1v) is 14.0. The molecule has 0 spiro atoms. The van der Waals surface area contributed by atoms with Gasteiger partial charge in [0.1, 0.15) is 40.1 Å². The summed E-state index contributed by atoms with van der Waals surface area (Å²) in [6, 6.07) is 16.1. The lowest BCUT2D eigenvalue weighted by Crippen LogP contribution is -2.34. The molecule has 4 rings (SSSR count). The average Bonchev–Trinajstić information content (AvgIpc) is 2.90. The molecule has 1 amide bonds. The second kappa shape index (κ2) is 12.1. The standard InChI is InChI=1S/C26H26ClN5O5S/c1-32(12-13-38(2,34)35)24(33)16-37-23-8-5-7-21-25(23)26(30-17-29-21)31-18-9-10-22(20(27)14-18)36-15-19-6-3-4-11-28-19/h3-11,14,17H,12-13,15-16H2,1-2H3,(H,29,30,31). The van der Waals surface area contributed by atoms with Crippen LogP contribution in [0.3, 0.4) is 0 Å². The molecular weight excluding hydrogens is 530 g/mol. The first kappa shape index (κ1) is 27.1. The normalized spacial score (nSPS) is 11.2. The first-order chi connectivity index (χ1) is 18.2. The van der Waals surface area contributed by atoms with E-state index in [-0.39, 0.29) is 31.4 Å². The SMILES string of the molecule is CN(CCS(C)(=O)=O)C(=O)COc1cccc2ncnc(Nc3ccc(OCc4ccccn4)c(Cl)c3)c12. The zero-order valence-corrected chi connectivity index (χ0v) is 22.4. The quantitative estimate of drug-likeness (QED) is 0.293. The lowest BCUT2D eigenvalue weighted by molar-refractivity contribution is -0.131. The number of anilines is 2. The van der Waals surface area contributed by atoms with Gasteiger partial charge in [-0.3, -0.25) is 9.78 Å². The first-order valence-electron chi connectivity index (χ1n) is 11.6. The van der Waals surface area contributed by atoms with Crippen molar-refractivity contribution in [2.45, 2.75) is 6.61 Å². The topological polar surface area (TPSA) is 124 Å². The van der Waals surface area contributed by atoms with Crippen LogP contribution in [-0.4, -0.2) is 66.4 Å². The molecule has 0 aliphatic rings. The van der Waals surface area contributed by atoms with E-state index in [1.54, 1.807) is 42.6 Å². The van der Waals surface area contributed by atoms with E-state index in [1.165, 1.54) is 18.3 Å². The van der Waals surface area contributed by atoms with E-state index in [0.717, 1.165) is 11.9 Å². The Hall–Kier alpha value is -3.96. The molecule has 0 saturated carbocycles. The Morgan fingerprint density at radius 1 is 1.03 bits per heavy atom. The predicted octanol–water partition coefficient (Wildman–Crippen LogP) is 3.88. The smallest absolute Gasteiger partial charge is 0.260 e. The number of carbonyl (C=O) groups is 1. The summed E-state index contributed by atoms with van der Waals surface area (Å²) in [4.78, 5) is 26.7. The van der Waals surface area contributed by atoms with E-state index in [4.69, 9.17) is 21.1 Å². The number of amides is 1. The van der Waals surface area contributed by atoms with Crippen LogP contribution in [0.2, 0.25) is 5.02 Å². The van der Waals surface area contributed by atoms with Crippen molar-refractivity contribution in [1.82, 2.24) is 19.9 Å². The maximum Gasteiger partial charge on any atom is 0.260 e. The van der Waals surface area contributed by atoms with Crippen molar-refractivity contribution in [3.63, 3.8) is 0 Å². The number of nitrogens with one attached hydrogen (secondary N) is 1. The van der Waals surface area contributed by atoms with Gasteiger partial charge in [-0.1, -0.05) is 23.7 Å². The van der Waals surface area contributed by atoms with E-state index in [9.17, 15) is 13.2 Å². The molecule has 0 radical (unpaired) electrons. The zero-order chi connectivity index (χ0) is 27.1. The number of nitrogens with zero attached hydrogens (tertiary/aromatic N) is 4. The molecule has 2 heterocycles. The number of ether oxygens (including phenoxy) is 2. The number of rotatable bonds is 11. The molecule has 38 heavy (non-hydrogen) atoms. The van der Waals surface area contributed by atoms with Crippen molar-refractivity contribution in [2.24, 2.45) is 0 Å². The van der Waals surface area contributed by atoms with Crippen molar-refractivity contribution in [1.29, 1.82) is 0 Å². The van der Waals surface area contributed by atoms with E-state index < -0.39 is 9.84 Å². The summed E-state index contributed by atoms with van der Waals surface area (Å²) in [6.07, 6.45) is 4.25. The summed E-state index contributed by atoms with van der Waals surface area (Å²) in [7, 11) is -1.65. The van der Waals surface area contributed by atoms with Gasteiger partial charge in [0.2, 0.25) is 0 Å². The summed E-state index contributed by atoms with van der Waals surface area (Å²) in [5.74, 6) is 0.891. The second-order valence-corrected chi connectivity index (χ2v) is 11.2. The van der Waals surface area contributed by atoms with Crippen LogP contribution in [0.25, 0.3) is 10.9 Å². The molecule has 0 bridgehead atoms. The van der Waals surface area contributed by atoms with Crippen LogP contribution in [0.1, 0.15) is 5.69 Å². The third-order valence-electron chi connectivity index (χ3n) is 5.50. The minimum atomic E-state index is -3.19. The van der Waals surface area contributed by atoms with E-state index in [0.29, 0.717) is 38.9 Å². The predicted molar refractivity (Wildman–Crippen MR) is 146 cm³/mol. The number of hydrogen-bond acceptors (Lipinski definition) is 9. The van der Waals surface area contributed by atoms with Crippen LogP contribution < -0.4 is 14.8 Å². The molecule has 2 aromatic heterocycles. The Kier molecular flexibility index (Phi) is 8.59. The fraction of sp³-hybridized carbons (Fsp3) is 0.231. The summed E-state index contributed by atoms with van der Waals surface area (Å²) in [5, 5.41) is 4.21. The third-order valence-corrected chi connectivity index (χ3v) is 6.71. The van der Waals surface area contributed by atoms with Crippen molar-refractivity contribution in [3.8, 4) is 11.5 Å². The van der Waals surface area contributed by atoms with Crippen molar-refractivity contribution in [2.75, 3.05) is 37.5 Å². The highest BCUT2D eigenvalue weighted by Crippen LogP contribution is 2.34. The fourth-order valence-corrected chi connectivity index (χ4v) is 4.28. The molecule has 10 nitrogen and oxygen atoms in total. The molecule has 4 aromatic rings. The minimum Gasteiger partial charge on any atom is -0.486 e. The van der Waals surface area contributed by atoms with Crippen LogP contribution in [-0.2, 0) is 21.2 Å². The Labute approximate surface area is 225 Å². The highest BCUT2D eigenvalue weighted by molar-refractivity contribution is 7.90. The molecule has 2 aromatic carbocycles. The maximum atomic E-state index is 12.5. The van der Waals surface area contributed by atoms with Crippen LogP contribution >= 0.6 is 11.6 Å². The molecule has 0 aliphatic carbocycles. The van der Waals surface area contributed by atoms with Crippen LogP contribution in [0.5, 0.6) is 11.5 Å². The largest absolute Gasteiger partial charge is 0.486 e. The van der Waals surface area contributed by atoms with E-state index >= 15 is 0 Å². The Morgan fingerprint density at radius 2 is 1.87 bits per heavy atom. The van der Waals surface area contributed by atoms with Gasteiger partial charge in [-0.2, -0.15) is 0 Å². The highest BCUT2D eigenvalue weighted by atomic mass is 35.5. The molecule has 12 heteroatoms. The number of hydrogen-bond donors (Lipinski definition) is 1. The Balaban J connectivity index is 1.48. The molecule has 0 saturated heterocycles.